The van der Waals surface area contributed by atoms with E-state index in [1.165, 1.54) is 0 Å². The van der Waals surface area contributed by atoms with E-state index in [1.54, 1.807) is 30.6 Å². The fourth-order valence-electron chi connectivity index (χ4n) is 11.2. The number of nitrogens with one attached hydrogen (secondary N) is 2. The zero-order valence-corrected chi connectivity index (χ0v) is 35.2. The number of ether oxygens (including phenoxy) is 3. The number of thioether (sulfide) groups is 2. The average Bonchev–Trinajstić information content (AvgIpc) is 3.41. The molecule has 5 aromatic carbocycles. The zero-order chi connectivity index (χ0) is 40.5. The number of aliphatic hydroxyl groups is 4. The van der Waals surface area contributed by atoms with Gasteiger partial charge in [-0.05, 0) is 83.7 Å². The molecule has 5 aliphatic rings. The Morgan fingerprint density at radius 1 is 0.746 bits per heavy atom. The number of phenolic OH excluding ortho intramolecular Hbond substituents is 1. The van der Waals surface area contributed by atoms with Gasteiger partial charge in [0.25, 0.3) is 0 Å². The Kier molecular flexibility index (Phi) is 10.7. The van der Waals surface area contributed by atoms with Gasteiger partial charge in [0.15, 0.2) is 11.5 Å². The van der Waals surface area contributed by atoms with E-state index in [2.05, 4.69) is 23.6 Å². The lowest BCUT2D eigenvalue weighted by atomic mass is 9.70. The highest BCUT2D eigenvalue weighted by Crippen LogP contribution is 2.57. The predicted octanol–water partition coefficient (Wildman–Crippen LogP) is 5.34. The van der Waals surface area contributed by atoms with Crippen molar-refractivity contribution in [2.75, 3.05) is 75.6 Å². The summed E-state index contributed by atoms with van der Waals surface area (Å²) in [6.45, 7) is 4.13. The van der Waals surface area contributed by atoms with Gasteiger partial charge in [-0.1, -0.05) is 11.6 Å². The van der Waals surface area contributed by atoms with E-state index in [0.29, 0.717) is 79.4 Å². The number of aromatic hydroxyl groups is 1. The number of allylic oxidation sites excluding steroid dienone is 1. The van der Waals surface area contributed by atoms with Crippen LogP contribution >= 0.6 is 23.5 Å². The van der Waals surface area contributed by atoms with Gasteiger partial charge in [0.1, 0.15) is 0 Å². The lowest BCUT2D eigenvalue weighted by Gasteiger charge is -2.47. The lowest BCUT2D eigenvalue weighted by molar-refractivity contribution is 0.0492. The van der Waals surface area contributed by atoms with Crippen molar-refractivity contribution in [2.24, 2.45) is 21.8 Å². The van der Waals surface area contributed by atoms with Crippen molar-refractivity contribution in [2.45, 2.75) is 75.0 Å². The molecule has 1 saturated carbocycles. The highest BCUT2D eigenvalue weighted by molar-refractivity contribution is 7.99. The number of anilines is 2. The van der Waals surface area contributed by atoms with E-state index < -0.39 is 0 Å². The Labute approximate surface area is 350 Å². The molecule has 10 rings (SSSR count). The van der Waals surface area contributed by atoms with E-state index in [9.17, 15) is 25.5 Å². The van der Waals surface area contributed by atoms with E-state index in [1.807, 2.05) is 0 Å². The minimum atomic E-state index is -0.221. The van der Waals surface area contributed by atoms with Crippen LogP contribution in [0.5, 0.6) is 11.5 Å². The maximum atomic E-state index is 12.3. The summed E-state index contributed by atoms with van der Waals surface area (Å²) in [5, 5.41) is 71.3. The fourth-order valence-corrected chi connectivity index (χ4v) is 13.1. The summed E-state index contributed by atoms with van der Waals surface area (Å²) in [6.07, 6.45) is 6.40. The van der Waals surface area contributed by atoms with Crippen LogP contribution in [0.25, 0.3) is 49.2 Å². The summed E-state index contributed by atoms with van der Waals surface area (Å²) in [5.74, 6) is 3.24. The first-order chi connectivity index (χ1) is 28.9. The molecule has 0 amide bonds. The first kappa shape index (κ1) is 39.5. The van der Waals surface area contributed by atoms with E-state index in [0.717, 1.165) is 124 Å². The maximum Gasteiger partial charge on any atom is 0.169 e. The summed E-state index contributed by atoms with van der Waals surface area (Å²) in [4.78, 5) is 11.2. The molecular formula is C45H52N4O8S2. The molecule has 7 N–H and O–H groups in total. The second kappa shape index (κ2) is 16.0. The molecule has 0 spiro atoms. The largest absolute Gasteiger partial charge is 0.504 e. The highest BCUT2D eigenvalue weighted by Gasteiger charge is 2.42. The third-order valence-corrected chi connectivity index (χ3v) is 15.4. The van der Waals surface area contributed by atoms with Gasteiger partial charge in [-0.2, -0.15) is 0 Å². The third kappa shape index (κ3) is 6.11. The standard InChI is InChI=1S/C45H52N4O8S2/c1-21-13-24-31-32-25(14-21)44(55-2)43(54)38-36(32)34(27(18-53)45-42(38)46-5-12-59-45)33-26(17-52)28-19-58-20-47-39(28)37(35(31)33)41-40(24)48-29-15-22(3-8-56-10-6-50)23(16-30(29)49-41)4-9-57-11-7-51/h14,22-23,29-30,48-54H,3-13,15-20H2,1-2H3. The molecule has 12 nitrogen and oxygen atoms in total. The smallest absolute Gasteiger partial charge is 0.169 e. The molecule has 14 heteroatoms. The van der Waals surface area contributed by atoms with Crippen molar-refractivity contribution < 1.29 is 39.7 Å². The molecule has 0 saturated heterocycles. The van der Waals surface area contributed by atoms with Crippen LogP contribution < -0.4 is 26.1 Å². The maximum absolute atomic E-state index is 12.3. The van der Waals surface area contributed by atoms with Gasteiger partial charge >= 0.3 is 0 Å². The van der Waals surface area contributed by atoms with E-state index in [4.69, 9.17) is 24.2 Å². The third-order valence-electron chi connectivity index (χ3n) is 13.5. The summed E-state index contributed by atoms with van der Waals surface area (Å²) < 4.78 is 17.8. The summed E-state index contributed by atoms with van der Waals surface area (Å²) in [5.41, 5.74) is 7.78. The molecule has 312 valence electrons. The molecule has 0 aromatic heterocycles. The summed E-state index contributed by atoms with van der Waals surface area (Å²) >= 11 is 3.39. The van der Waals surface area contributed by atoms with Gasteiger partial charge in [-0.3, -0.25) is 9.98 Å². The van der Waals surface area contributed by atoms with Crippen LogP contribution in [0.15, 0.2) is 20.5 Å². The Morgan fingerprint density at radius 2 is 1.42 bits per heavy atom. The van der Waals surface area contributed by atoms with Crippen LogP contribution in [0.1, 0.15) is 60.4 Å². The number of benzene rings is 5. The Bertz CT molecular complexity index is 2670. The molecule has 1 fully saturated rings. The first-order valence-electron chi connectivity index (χ1n) is 20.9. The molecule has 3 aliphatic heterocycles. The molecule has 5 aromatic rings. The van der Waals surface area contributed by atoms with Gasteiger partial charge in [0, 0.05) is 80.9 Å². The van der Waals surface area contributed by atoms with Gasteiger partial charge in [-0.15, -0.1) is 23.5 Å². The number of rotatable bonds is 13. The zero-order valence-electron chi connectivity index (χ0n) is 33.6. The summed E-state index contributed by atoms with van der Waals surface area (Å²) in [6, 6.07) is 0.240. The fraction of sp³-hybridized carbons (Fsp3) is 0.511. The SMILES string of the molecule is COc1c(O)c2c3c(c(CO)c4c5c(CO)c6c(c7c8c(c9c(c(c1C=C(C)C9)c24)c75)NC1CC(CCOCCO)C(CCOCCO)CC1N8)=NCSC6)SCCN=3. The van der Waals surface area contributed by atoms with Crippen LogP contribution in [0, 0.1) is 11.8 Å². The van der Waals surface area contributed by atoms with Gasteiger partial charge in [-0.25, -0.2) is 0 Å². The van der Waals surface area contributed by atoms with Crippen LogP contribution in [0.2, 0.25) is 0 Å². The van der Waals surface area contributed by atoms with Crippen molar-refractivity contribution in [3.63, 3.8) is 0 Å². The van der Waals surface area contributed by atoms with Gasteiger partial charge < -0.3 is 50.4 Å². The number of methoxy groups -OCH3 is 1. The van der Waals surface area contributed by atoms with Crippen LogP contribution in [0.4, 0.5) is 11.4 Å². The minimum absolute atomic E-state index is 0.000829. The van der Waals surface area contributed by atoms with Crippen molar-refractivity contribution in [1.29, 1.82) is 0 Å². The van der Waals surface area contributed by atoms with E-state index >= 15 is 0 Å². The molecular weight excluding hydrogens is 789 g/mol. The topological polar surface area (TPSA) is 178 Å². The molecule has 0 bridgehead atoms. The van der Waals surface area contributed by atoms with Crippen molar-refractivity contribution in [3.8, 4) is 11.5 Å². The number of phenols is 1. The van der Waals surface area contributed by atoms with Crippen LogP contribution in [0.3, 0.4) is 0 Å². The van der Waals surface area contributed by atoms with Gasteiger partial charge in [0.2, 0.25) is 0 Å². The highest BCUT2D eigenvalue weighted by atomic mass is 32.2. The number of nitrogens with zero attached hydrogens (tertiary/aromatic N) is 2. The van der Waals surface area contributed by atoms with Crippen molar-refractivity contribution in [1.82, 2.24) is 0 Å². The summed E-state index contributed by atoms with van der Waals surface area (Å²) in [7, 11) is 1.61. The molecule has 4 unspecified atom stereocenters. The van der Waals surface area contributed by atoms with E-state index in [-0.39, 0.29) is 44.3 Å². The van der Waals surface area contributed by atoms with Crippen molar-refractivity contribution >= 4 is 84.1 Å². The van der Waals surface area contributed by atoms with Crippen LogP contribution in [-0.4, -0.2) is 103 Å². The number of aliphatic hydroxyl groups excluding tert-OH is 4. The predicted molar refractivity (Wildman–Crippen MR) is 235 cm³/mol. The second-order valence-electron chi connectivity index (χ2n) is 16.6. The quantitative estimate of drug-likeness (QED) is 0.0461. The monoisotopic (exact) mass is 840 g/mol. The molecule has 0 radical (unpaired) electrons. The number of hydrogen-bond acceptors (Lipinski definition) is 14. The first-order valence-corrected chi connectivity index (χ1v) is 23.1. The molecule has 3 heterocycles. The number of hydrogen-bond donors (Lipinski definition) is 7. The van der Waals surface area contributed by atoms with Gasteiger partial charge in [0.05, 0.1) is 80.1 Å². The normalized spacial score (nSPS) is 22.0. The minimum Gasteiger partial charge on any atom is -0.504 e. The number of fused-ring (bicyclic) bond motifs is 9. The molecule has 2 aliphatic carbocycles. The lowest BCUT2D eigenvalue weighted by Crippen LogP contribution is -2.50. The second-order valence-corrected chi connectivity index (χ2v) is 18.6. The molecule has 59 heavy (non-hydrogen) atoms. The Balaban J connectivity index is 1.31. The molecule has 4 atom stereocenters. The average molecular weight is 841 g/mol. The Morgan fingerprint density at radius 3 is 2.10 bits per heavy atom. The van der Waals surface area contributed by atoms with Crippen LogP contribution in [-0.2, 0) is 34.9 Å². The Hall–Kier alpha value is -3.60. The van der Waals surface area contributed by atoms with Crippen molar-refractivity contribution in [3.05, 3.63) is 44.1 Å².